The van der Waals surface area contributed by atoms with Crippen LogP contribution in [0.3, 0.4) is 0 Å². The van der Waals surface area contributed by atoms with Gasteiger partial charge in [-0.15, -0.1) is 0 Å². The Morgan fingerprint density at radius 3 is 2.75 bits per heavy atom. The zero-order chi connectivity index (χ0) is 11.5. The van der Waals surface area contributed by atoms with Gasteiger partial charge in [0, 0.05) is 4.47 Å². The topological polar surface area (TPSA) is 29.5 Å². The number of halogens is 1. The second kappa shape index (κ2) is 5.19. The lowest BCUT2D eigenvalue weighted by Crippen LogP contribution is -2.15. The van der Waals surface area contributed by atoms with Gasteiger partial charge in [-0.05, 0) is 30.0 Å². The Morgan fingerprint density at radius 1 is 1.50 bits per heavy atom. The first-order chi connectivity index (χ1) is 7.70. The summed E-state index contributed by atoms with van der Waals surface area (Å²) in [7, 11) is 1.65. The van der Waals surface area contributed by atoms with Crippen LogP contribution in [0.5, 0.6) is 5.75 Å². The van der Waals surface area contributed by atoms with Crippen molar-refractivity contribution in [2.75, 3.05) is 7.11 Å². The van der Waals surface area contributed by atoms with E-state index in [1.165, 1.54) is 19.3 Å². The molecule has 1 aromatic carbocycles. The molecular formula is C13H17BrO2. The van der Waals surface area contributed by atoms with Crippen LogP contribution in [0.1, 0.15) is 37.4 Å². The summed E-state index contributed by atoms with van der Waals surface area (Å²) in [4.78, 5) is 0. The molecule has 2 rings (SSSR count). The van der Waals surface area contributed by atoms with Crippen molar-refractivity contribution in [1.82, 2.24) is 0 Å². The van der Waals surface area contributed by atoms with Crippen molar-refractivity contribution in [3.8, 4) is 5.75 Å². The lowest BCUT2D eigenvalue weighted by molar-refractivity contribution is 0.118. The van der Waals surface area contributed by atoms with E-state index in [2.05, 4.69) is 15.9 Å². The second-order valence-corrected chi connectivity index (χ2v) is 5.29. The molecular weight excluding hydrogens is 268 g/mol. The Bertz CT molecular complexity index is 361. The lowest BCUT2D eigenvalue weighted by atomic mass is 9.80. The van der Waals surface area contributed by atoms with Crippen molar-refractivity contribution in [3.63, 3.8) is 0 Å². The molecule has 0 spiro atoms. The molecule has 0 amide bonds. The molecule has 1 aliphatic rings. The first-order valence-electron chi connectivity index (χ1n) is 5.72. The van der Waals surface area contributed by atoms with Crippen LogP contribution in [0.4, 0.5) is 0 Å². The van der Waals surface area contributed by atoms with Crippen LogP contribution in [-0.2, 0) is 0 Å². The molecule has 0 bridgehead atoms. The van der Waals surface area contributed by atoms with Gasteiger partial charge in [0.25, 0.3) is 0 Å². The molecule has 1 unspecified atom stereocenters. The van der Waals surface area contributed by atoms with Crippen molar-refractivity contribution >= 4 is 15.9 Å². The predicted molar refractivity (Wildman–Crippen MR) is 67.6 cm³/mol. The minimum atomic E-state index is -0.356. The van der Waals surface area contributed by atoms with Gasteiger partial charge in [0.15, 0.2) is 0 Å². The smallest absolute Gasteiger partial charge is 0.120 e. The standard InChI is InChI=1S/C13H17BrO2/c1-16-10-5-6-11(12(14)8-10)13(15)7-9-3-2-4-9/h5-6,8-9,13,15H,2-4,7H2,1H3. The van der Waals surface area contributed by atoms with E-state index in [1.54, 1.807) is 7.11 Å². The third kappa shape index (κ3) is 2.58. The molecule has 88 valence electrons. The monoisotopic (exact) mass is 284 g/mol. The molecule has 16 heavy (non-hydrogen) atoms. The van der Waals surface area contributed by atoms with E-state index in [9.17, 15) is 5.11 Å². The molecule has 1 aliphatic carbocycles. The molecule has 1 aromatic rings. The average molecular weight is 285 g/mol. The number of aliphatic hydroxyl groups is 1. The normalized spacial score (nSPS) is 17.9. The Hall–Kier alpha value is -0.540. The van der Waals surface area contributed by atoms with E-state index in [0.29, 0.717) is 5.92 Å². The maximum absolute atomic E-state index is 10.1. The van der Waals surface area contributed by atoms with Gasteiger partial charge in [0.2, 0.25) is 0 Å². The van der Waals surface area contributed by atoms with Gasteiger partial charge in [-0.3, -0.25) is 0 Å². The number of rotatable bonds is 4. The summed E-state index contributed by atoms with van der Waals surface area (Å²) >= 11 is 3.48. The fourth-order valence-corrected chi connectivity index (χ4v) is 2.70. The summed E-state index contributed by atoms with van der Waals surface area (Å²) in [5, 5.41) is 10.1. The minimum Gasteiger partial charge on any atom is -0.497 e. The summed E-state index contributed by atoms with van der Waals surface area (Å²) in [6.45, 7) is 0. The first kappa shape index (κ1) is 11.9. The SMILES string of the molecule is COc1ccc(C(O)CC2CCC2)c(Br)c1. The number of hydrogen-bond donors (Lipinski definition) is 1. The molecule has 2 nitrogen and oxygen atoms in total. The Kier molecular flexibility index (Phi) is 3.87. The molecule has 0 radical (unpaired) electrons. The van der Waals surface area contributed by atoms with Crippen LogP contribution in [0.2, 0.25) is 0 Å². The summed E-state index contributed by atoms with van der Waals surface area (Å²) in [6, 6.07) is 5.73. The number of ether oxygens (including phenoxy) is 1. The highest BCUT2D eigenvalue weighted by atomic mass is 79.9. The third-order valence-corrected chi connectivity index (χ3v) is 4.03. The van der Waals surface area contributed by atoms with E-state index in [0.717, 1.165) is 22.2 Å². The predicted octanol–water partition coefficient (Wildman–Crippen LogP) is 3.68. The third-order valence-electron chi connectivity index (χ3n) is 3.35. The maximum atomic E-state index is 10.1. The van der Waals surface area contributed by atoms with Crippen LogP contribution in [0.25, 0.3) is 0 Å². The first-order valence-corrected chi connectivity index (χ1v) is 6.51. The van der Waals surface area contributed by atoms with Crippen molar-refractivity contribution in [3.05, 3.63) is 28.2 Å². The zero-order valence-corrected chi connectivity index (χ0v) is 11.0. The Morgan fingerprint density at radius 2 is 2.25 bits per heavy atom. The molecule has 1 N–H and O–H groups in total. The molecule has 0 aliphatic heterocycles. The quantitative estimate of drug-likeness (QED) is 0.914. The van der Waals surface area contributed by atoms with Gasteiger partial charge in [0.05, 0.1) is 13.2 Å². The van der Waals surface area contributed by atoms with Gasteiger partial charge in [0.1, 0.15) is 5.75 Å². The fraction of sp³-hybridized carbons (Fsp3) is 0.538. The van der Waals surface area contributed by atoms with E-state index >= 15 is 0 Å². The van der Waals surface area contributed by atoms with Gasteiger partial charge < -0.3 is 9.84 Å². The van der Waals surface area contributed by atoms with Crippen LogP contribution in [0, 0.1) is 5.92 Å². The highest BCUT2D eigenvalue weighted by Gasteiger charge is 2.22. The summed E-state index contributed by atoms with van der Waals surface area (Å²) in [5.74, 6) is 1.52. The van der Waals surface area contributed by atoms with Crippen molar-refractivity contribution < 1.29 is 9.84 Å². The molecule has 0 heterocycles. The largest absolute Gasteiger partial charge is 0.497 e. The number of benzene rings is 1. The lowest BCUT2D eigenvalue weighted by Gasteiger charge is -2.28. The van der Waals surface area contributed by atoms with Crippen LogP contribution in [0.15, 0.2) is 22.7 Å². The van der Waals surface area contributed by atoms with Crippen LogP contribution < -0.4 is 4.74 Å². The Labute approximate surface area is 105 Å². The molecule has 3 heteroatoms. The summed E-state index contributed by atoms with van der Waals surface area (Å²) in [5.41, 5.74) is 0.965. The fourth-order valence-electron chi connectivity index (χ4n) is 2.08. The number of methoxy groups -OCH3 is 1. The van der Waals surface area contributed by atoms with E-state index in [-0.39, 0.29) is 6.10 Å². The maximum Gasteiger partial charge on any atom is 0.120 e. The number of hydrogen-bond acceptors (Lipinski definition) is 2. The molecule has 1 saturated carbocycles. The van der Waals surface area contributed by atoms with Gasteiger partial charge in [-0.25, -0.2) is 0 Å². The molecule has 0 aromatic heterocycles. The van der Waals surface area contributed by atoms with Gasteiger partial charge in [-0.2, -0.15) is 0 Å². The molecule has 0 saturated heterocycles. The molecule has 1 fully saturated rings. The van der Waals surface area contributed by atoms with E-state index in [4.69, 9.17) is 4.74 Å². The van der Waals surface area contributed by atoms with Crippen LogP contribution >= 0.6 is 15.9 Å². The second-order valence-electron chi connectivity index (χ2n) is 4.44. The van der Waals surface area contributed by atoms with Gasteiger partial charge in [-0.1, -0.05) is 41.3 Å². The highest BCUT2D eigenvalue weighted by molar-refractivity contribution is 9.10. The van der Waals surface area contributed by atoms with Gasteiger partial charge >= 0.3 is 0 Å². The summed E-state index contributed by atoms with van der Waals surface area (Å²) in [6.07, 6.45) is 4.38. The van der Waals surface area contributed by atoms with Crippen LogP contribution in [-0.4, -0.2) is 12.2 Å². The average Bonchev–Trinajstić information content (AvgIpc) is 2.23. The van der Waals surface area contributed by atoms with Crippen molar-refractivity contribution in [2.24, 2.45) is 5.92 Å². The van der Waals surface area contributed by atoms with Crippen molar-refractivity contribution in [2.45, 2.75) is 31.8 Å². The van der Waals surface area contributed by atoms with Crippen molar-refractivity contribution in [1.29, 1.82) is 0 Å². The van der Waals surface area contributed by atoms with E-state index < -0.39 is 0 Å². The molecule has 1 atom stereocenters. The number of aliphatic hydroxyl groups excluding tert-OH is 1. The summed E-state index contributed by atoms with van der Waals surface area (Å²) < 4.78 is 6.06. The zero-order valence-electron chi connectivity index (χ0n) is 9.45. The highest BCUT2D eigenvalue weighted by Crippen LogP contribution is 2.37. The minimum absolute atomic E-state index is 0.356. The van der Waals surface area contributed by atoms with E-state index in [1.807, 2.05) is 18.2 Å². The Balaban J connectivity index is 2.06.